The lowest BCUT2D eigenvalue weighted by molar-refractivity contribution is 0.283. The zero-order valence-corrected chi connectivity index (χ0v) is 8.17. The minimum absolute atomic E-state index is 0.213. The van der Waals surface area contributed by atoms with Crippen LogP contribution in [0.1, 0.15) is 19.3 Å². The lowest BCUT2D eigenvalue weighted by Gasteiger charge is -2.06. The Morgan fingerprint density at radius 3 is 2.64 bits per heavy atom. The summed E-state index contributed by atoms with van der Waals surface area (Å²) < 4.78 is 13.1. The van der Waals surface area contributed by atoms with Crippen molar-refractivity contribution in [2.24, 2.45) is 0 Å². The number of benzene rings is 1. The van der Waals surface area contributed by atoms with Gasteiger partial charge in [0.25, 0.3) is 0 Å². The number of halogens is 1. The number of aliphatic hydroxyl groups excluding tert-OH is 1. The van der Waals surface area contributed by atoms with Gasteiger partial charge in [-0.15, -0.1) is 0 Å². The molecule has 78 valence electrons. The van der Waals surface area contributed by atoms with E-state index >= 15 is 0 Å². The molecule has 0 atom stereocenters. The lowest BCUT2D eigenvalue weighted by Crippen LogP contribution is -2.03. The summed E-state index contributed by atoms with van der Waals surface area (Å²) in [7, 11) is 0. The highest BCUT2D eigenvalue weighted by molar-refractivity contribution is 5.44. The van der Waals surface area contributed by atoms with Crippen molar-refractivity contribution < 1.29 is 9.50 Å². The van der Waals surface area contributed by atoms with Crippen molar-refractivity contribution in [2.75, 3.05) is 18.5 Å². The van der Waals surface area contributed by atoms with Crippen molar-refractivity contribution >= 4 is 5.69 Å². The monoisotopic (exact) mass is 197 g/mol. The van der Waals surface area contributed by atoms with Crippen LogP contribution in [0.3, 0.4) is 0 Å². The van der Waals surface area contributed by atoms with Crippen molar-refractivity contribution in [1.29, 1.82) is 0 Å². The lowest BCUT2D eigenvalue weighted by atomic mass is 10.2. The predicted octanol–water partition coefficient (Wildman–Crippen LogP) is 2.40. The number of anilines is 1. The molecule has 1 aromatic carbocycles. The summed E-state index contributed by atoms with van der Waals surface area (Å²) in [6.07, 6.45) is 2.74. The number of hydrogen-bond donors (Lipinski definition) is 2. The molecule has 1 rings (SSSR count). The minimum atomic E-state index is -0.213. The Morgan fingerprint density at radius 2 is 1.93 bits per heavy atom. The van der Waals surface area contributed by atoms with Crippen molar-refractivity contribution in [3.05, 3.63) is 30.1 Å². The van der Waals surface area contributed by atoms with E-state index in [2.05, 4.69) is 5.32 Å². The van der Waals surface area contributed by atoms with E-state index in [1.165, 1.54) is 6.07 Å². The van der Waals surface area contributed by atoms with Crippen LogP contribution in [0.25, 0.3) is 0 Å². The van der Waals surface area contributed by atoms with Gasteiger partial charge in [0.15, 0.2) is 0 Å². The zero-order chi connectivity index (χ0) is 10.2. The molecule has 0 aliphatic carbocycles. The smallest absolute Gasteiger partial charge is 0.146 e. The molecule has 14 heavy (non-hydrogen) atoms. The maximum absolute atomic E-state index is 13.1. The molecule has 0 bridgehead atoms. The molecule has 0 aliphatic heterocycles. The first-order chi connectivity index (χ1) is 6.84. The van der Waals surface area contributed by atoms with Crippen LogP contribution in [0, 0.1) is 5.82 Å². The fourth-order valence-electron chi connectivity index (χ4n) is 1.24. The molecular formula is C11H16FNO. The third kappa shape index (κ3) is 3.75. The SMILES string of the molecule is OCCCCCNc1ccccc1F. The highest BCUT2D eigenvalue weighted by Gasteiger charge is 1.97. The third-order valence-corrected chi connectivity index (χ3v) is 2.02. The Hall–Kier alpha value is -1.09. The van der Waals surface area contributed by atoms with Crippen LogP contribution in [0.15, 0.2) is 24.3 Å². The molecule has 0 saturated heterocycles. The Labute approximate surface area is 83.8 Å². The van der Waals surface area contributed by atoms with Gasteiger partial charge in [0.05, 0.1) is 5.69 Å². The summed E-state index contributed by atoms with van der Waals surface area (Å²) >= 11 is 0. The molecule has 0 spiro atoms. The summed E-state index contributed by atoms with van der Waals surface area (Å²) in [5.41, 5.74) is 0.552. The van der Waals surface area contributed by atoms with Gasteiger partial charge < -0.3 is 10.4 Å². The van der Waals surface area contributed by atoms with Gasteiger partial charge in [0, 0.05) is 13.2 Å². The highest BCUT2D eigenvalue weighted by atomic mass is 19.1. The molecule has 2 N–H and O–H groups in total. The fraction of sp³-hybridized carbons (Fsp3) is 0.455. The van der Waals surface area contributed by atoms with Crippen LogP contribution in [0.4, 0.5) is 10.1 Å². The molecule has 3 heteroatoms. The Kier molecular flexibility index (Phi) is 5.00. The van der Waals surface area contributed by atoms with Crippen molar-refractivity contribution in [3.63, 3.8) is 0 Å². The molecule has 0 heterocycles. The highest BCUT2D eigenvalue weighted by Crippen LogP contribution is 2.12. The van der Waals surface area contributed by atoms with Crippen LogP contribution < -0.4 is 5.32 Å². The van der Waals surface area contributed by atoms with Crippen LogP contribution in [0.2, 0.25) is 0 Å². The van der Waals surface area contributed by atoms with E-state index in [-0.39, 0.29) is 12.4 Å². The van der Waals surface area contributed by atoms with Gasteiger partial charge in [0.1, 0.15) is 5.82 Å². The van der Waals surface area contributed by atoms with Crippen LogP contribution in [-0.4, -0.2) is 18.3 Å². The molecule has 0 unspecified atom stereocenters. The van der Waals surface area contributed by atoms with E-state index < -0.39 is 0 Å². The molecular weight excluding hydrogens is 181 g/mol. The quantitative estimate of drug-likeness (QED) is 0.686. The second-order valence-corrected chi connectivity index (χ2v) is 3.19. The summed E-state index contributed by atoms with van der Waals surface area (Å²) in [5.74, 6) is -0.213. The van der Waals surface area contributed by atoms with Gasteiger partial charge >= 0.3 is 0 Å². The molecule has 1 aromatic rings. The number of hydrogen-bond acceptors (Lipinski definition) is 2. The van der Waals surface area contributed by atoms with Crippen molar-refractivity contribution in [1.82, 2.24) is 0 Å². The molecule has 0 saturated carbocycles. The van der Waals surface area contributed by atoms with Gasteiger partial charge in [-0.3, -0.25) is 0 Å². The molecule has 0 radical (unpaired) electrons. The van der Waals surface area contributed by atoms with Gasteiger partial charge in [-0.1, -0.05) is 12.1 Å². The van der Waals surface area contributed by atoms with Gasteiger partial charge in [-0.25, -0.2) is 4.39 Å². The number of unbranched alkanes of at least 4 members (excludes halogenated alkanes) is 2. The van der Waals surface area contributed by atoms with E-state index in [9.17, 15) is 4.39 Å². The normalized spacial score (nSPS) is 10.1. The number of nitrogens with one attached hydrogen (secondary N) is 1. The van der Waals surface area contributed by atoms with E-state index in [0.29, 0.717) is 5.69 Å². The summed E-state index contributed by atoms with van der Waals surface area (Å²) in [6.45, 7) is 0.987. The molecule has 0 aliphatic rings. The van der Waals surface area contributed by atoms with Crippen molar-refractivity contribution in [3.8, 4) is 0 Å². The maximum atomic E-state index is 13.1. The second-order valence-electron chi connectivity index (χ2n) is 3.19. The number of para-hydroxylation sites is 1. The maximum Gasteiger partial charge on any atom is 0.146 e. The number of rotatable bonds is 6. The van der Waals surface area contributed by atoms with E-state index in [0.717, 1.165) is 25.8 Å². The standard InChI is InChI=1S/C11H16FNO/c12-10-6-2-3-7-11(10)13-8-4-1-5-9-14/h2-3,6-7,13-14H,1,4-5,8-9H2. The average molecular weight is 197 g/mol. The Balaban J connectivity index is 2.21. The fourth-order valence-corrected chi connectivity index (χ4v) is 1.24. The van der Waals surface area contributed by atoms with E-state index in [1.807, 2.05) is 0 Å². The largest absolute Gasteiger partial charge is 0.396 e. The van der Waals surface area contributed by atoms with Gasteiger partial charge in [0.2, 0.25) is 0 Å². The van der Waals surface area contributed by atoms with Gasteiger partial charge in [-0.2, -0.15) is 0 Å². The topological polar surface area (TPSA) is 32.3 Å². The van der Waals surface area contributed by atoms with Gasteiger partial charge in [-0.05, 0) is 31.4 Å². The summed E-state index contributed by atoms with van der Waals surface area (Å²) in [5, 5.41) is 11.6. The van der Waals surface area contributed by atoms with Crippen LogP contribution in [0.5, 0.6) is 0 Å². The summed E-state index contributed by atoms with van der Waals surface area (Å²) in [4.78, 5) is 0. The second kappa shape index (κ2) is 6.38. The first-order valence-electron chi connectivity index (χ1n) is 4.94. The van der Waals surface area contributed by atoms with Crippen LogP contribution >= 0.6 is 0 Å². The molecule has 2 nitrogen and oxygen atoms in total. The third-order valence-electron chi connectivity index (χ3n) is 2.02. The Morgan fingerprint density at radius 1 is 1.14 bits per heavy atom. The predicted molar refractivity (Wildman–Crippen MR) is 55.8 cm³/mol. The van der Waals surface area contributed by atoms with Crippen molar-refractivity contribution in [2.45, 2.75) is 19.3 Å². The first kappa shape index (κ1) is 11.0. The average Bonchev–Trinajstić information content (AvgIpc) is 2.20. The van der Waals surface area contributed by atoms with Crippen LogP contribution in [-0.2, 0) is 0 Å². The molecule has 0 aromatic heterocycles. The summed E-state index contributed by atoms with van der Waals surface area (Å²) in [6, 6.07) is 6.64. The van der Waals surface area contributed by atoms with E-state index in [4.69, 9.17) is 5.11 Å². The Bertz CT molecular complexity index is 265. The number of aliphatic hydroxyl groups is 1. The molecule has 0 amide bonds. The minimum Gasteiger partial charge on any atom is -0.396 e. The molecule has 0 fully saturated rings. The van der Waals surface area contributed by atoms with E-state index in [1.54, 1.807) is 18.2 Å². The first-order valence-corrected chi connectivity index (χ1v) is 4.94. The zero-order valence-electron chi connectivity index (χ0n) is 8.17.